The number of nitrogens with zero attached hydrogens (tertiary/aromatic N) is 6. The fourth-order valence-electron chi connectivity index (χ4n) is 4.54. The molecule has 6 rings (SSSR count). The maximum Gasteiger partial charge on any atom is 0.228 e. The summed E-state index contributed by atoms with van der Waals surface area (Å²) in [4.78, 5) is 14.1. The molecule has 36 heavy (non-hydrogen) atoms. The van der Waals surface area contributed by atoms with E-state index in [9.17, 15) is 8.78 Å². The maximum atomic E-state index is 13.7. The second-order valence-electron chi connectivity index (χ2n) is 8.66. The number of aromatic nitrogens is 4. The molecule has 1 aliphatic heterocycles. The van der Waals surface area contributed by atoms with Gasteiger partial charge in [-0.05, 0) is 60.7 Å². The van der Waals surface area contributed by atoms with Gasteiger partial charge in [-0.1, -0.05) is 18.2 Å². The minimum absolute atomic E-state index is 0.330. The Morgan fingerprint density at radius 3 is 1.94 bits per heavy atom. The minimum Gasteiger partial charge on any atom is -0.383 e. The Bertz CT molecular complexity index is 1510. The van der Waals surface area contributed by atoms with Crippen molar-refractivity contribution in [3.05, 3.63) is 90.5 Å². The summed E-state index contributed by atoms with van der Waals surface area (Å²) in [5.41, 5.74) is 10.0. The van der Waals surface area contributed by atoms with E-state index >= 15 is 0 Å². The largest absolute Gasteiger partial charge is 0.383 e. The molecule has 7 nitrogen and oxygen atoms in total. The molecular weight excluding hydrogens is 460 g/mol. The van der Waals surface area contributed by atoms with Crippen molar-refractivity contribution >= 4 is 28.5 Å². The summed E-state index contributed by atoms with van der Waals surface area (Å²) >= 11 is 0. The maximum absolute atomic E-state index is 13.7. The van der Waals surface area contributed by atoms with Crippen molar-refractivity contribution in [3.63, 3.8) is 0 Å². The lowest BCUT2D eigenvalue weighted by Gasteiger charge is -2.36. The molecule has 2 N–H and O–H groups in total. The van der Waals surface area contributed by atoms with Crippen LogP contribution in [0.2, 0.25) is 0 Å². The summed E-state index contributed by atoms with van der Waals surface area (Å²) in [6, 6.07) is 22.3. The van der Waals surface area contributed by atoms with Crippen LogP contribution in [0.3, 0.4) is 0 Å². The number of piperazine rings is 1. The van der Waals surface area contributed by atoms with Crippen LogP contribution in [0, 0.1) is 11.6 Å². The second kappa shape index (κ2) is 8.92. The Labute approximate surface area is 206 Å². The van der Waals surface area contributed by atoms with E-state index in [1.165, 1.54) is 34.6 Å². The number of rotatable bonds is 4. The number of nitrogen functional groups attached to an aromatic ring is 1. The first-order valence-electron chi connectivity index (χ1n) is 11.7. The molecule has 0 unspecified atom stereocenters. The fourth-order valence-corrected chi connectivity index (χ4v) is 4.54. The van der Waals surface area contributed by atoms with E-state index in [-0.39, 0.29) is 11.6 Å². The van der Waals surface area contributed by atoms with Crippen molar-refractivity contribution in [2.45, 2.75) is 0 Å². The Morgan fingerprint density at radius 1 is 0.667 bits per heavy atom. The molecule has 0 saturated carbocycles. The molecule has 1 fully saturated rings. The highest BCUT2D eigenvalue weighted by molar-refractivity contribution is 5.99. The molecule has 0 radical (unpaired) electrons. The molecule has 0 atom stereocenters. The Balaban J connectivity index is 1.42. The van der Waals surface area contributed by atoms with Crippen LogP contribution >= 0.6 is 0 Å². The SMILES string of the molecule is Nc1c2c(-c3ccc(F)cc3)nc(N3CCN(c4ccccc4)CC3)nc2nn1-c1ccc(F)cc1. The van der Waals surface area contributed by atoms with Crippen molar-refractivity contribution in [2.75, 3.05) is 41.7 Å². The molecule has 180 valence electrons. The Hall–Kier alpha value is -4.53. The zero-order valence-electron chi connectivity index (χ0n) is 19.4. The molecule has 1 aliphatic rings. The van der Waals surface area contributed by atoms with Crippen LogP contribution in [0.15, 0.2) is 78.9 Å². The standard InChI is InChI=1S/C27H23F2N7/c28-19-8-6-18(7-9-19)24-23-25(30)36(22-12-10-20(29)11-13-22)33-26(23)32-27(31-24)35-16-14-34(15-17-35)21-4-2-1-3-5-21/h1-13H,14-17,30H2. The van der Waals surface area contributed by atoms with Crippen LogP contribution in [0.4, 0.5) is 26.2 Å². The first-order valence-corrected chi connectivity index (χ1v) is 11.7. The van der Waals surface area contributed by atoms with Crippen LogP contribution in [0.5, 0.6) is 0 Å². The van der Waals surface area contributed by atoms with Gasteiger partial charge in [0.1, 0.15) is 17.5 Å². The molecule has 0 bridgehead atoms. The summed E-state index contributed by atoms with van der Waals surface area (Å²) < 4.78 is 28.7. The summed E-state index contributed by atoms with van der Waals surface area (Å²) in [5.74, 6) is 0.184. The summed E-state index contributed by atoms with van der Waals surface area (Å²) in [7, 11) is 0. The number of halogens is 2. The van der Waals surface area contributed by atoms with Gasteiger partial charge in [0.15, 0.2) is 5.65 Å². The third kappa shape index (κ3) is 3.98. The third-order valence-corrected chi connectivity index (χ3v) is 6.43. The lowest BCUT2D eigenvalue weighted by Crippen LogP contribution is -2.47. The average molecular weight is 484 g/mol. The predicted molar refractivity (Wildman–Crippen MR) is 137 cm³/mol. The molecule has 1 saturated heterocycles. The van der Waals surface area contributed by atoms with Crippen LogP contribution in [-0.4, -0.2) is 45.9 Å². The van der Waals surface area contributed by atoms with Gasteiger partial charge in [0, 0.05) is 37.4 Å². The van der Waals surface area contributed by atoms with Crippen molar-refractivity contribution in [1.82, 2.24) is 19.7 Å². The van der Waals surface area contributed by atoms with Gasteiger partial charge in [0.05, 0.1) is 16.8 Å². The highest BCUT2D eigenvalue weighted by atomic mass is 19.1. The van der Waals surface area contributed by atoms with Crippen molar-refractivity contribution in [3.8, 4) is 16.9 Å². The van der Waals surface area contributed by atoms with Gasteiger partial charge < -0.3 is 15.5 Å². The van der Waals surface area contributed by atoms with E-state index in [1.807, 2.05) is 18.2 Å². The van der Waals surface area contributed by atoms with Crippen LogP contribution in [-0.2, 0) is 0 Å². The van der Waals surface area contributed by atoms with E-state index in [0.717, 1.165) is 26.2 Å². The number of benzene rings is 3. The van der Waals surface area contributed by atoms with Crippen molar-refractivity contribution in [2.24, 2.45) is 0 Å². The lowest BCUT2D eigenvalue weighted by atomic mass is 10.1. The molecule has 9 heteroatoms. The zero-order chi connectivity index (χ0) is 24.6. The average Bonchev–Trinajstić information content (AvgIpc) is 3.26. The molecule has 3 heterocycles. The van der Waals surface area contributed by atoms with Gasteiger partial charge in [0.25, 0.3) is 0 Å². The van der Waals surface area contributed by atoms with Crippen LogP contribution in [0.1, 0.15) is 0 Å². The minimum atomic E-state index is -0.349. The third-order valence-electron chi connectivity index (χ3n) is 6.43. The predicted octanol–water partition coefficient (Wildman–Crippen LogP) is 4.67. The molecule has 0 aliphatic carbocycles. The summed E-state index contributed by atoms with van der Waals surface area (Å²) in [6.07, 6.45) is 0. The molecular formula is C27H23F2N7. The molecule has 5 aromatic rings. The van der Waals surface area contributed by atoms with E-state index in [1.54, 1.807) is 24.3 Å². The first kappa shape index (κ1) is 22.0. The Morgan fingerprint density at radius 2 is 1.28 bits per heavy atom. The van der Waals surface area contributed by atoms with Gasteiger partial charge in [0.2, 0.25) is 5.95 Å². The monoisotopic (exact) mass is 483 g/mol. The summed E-state index contributed by atoms with van der Waals surface area (Å²) in [5, 5.41) is 5.21. The lowest BCUT2D eigenvalue weighted by molar-refractivity contribution is 0.627. The van der Waals surface area contributed by atoms with E-state index in [0.29, 0.717) is 39.7 Å². The topological polar surface area (TPSA) is 76.1 Å². The van der Waals surface area contributed by atoms with Gasteiger partial charge in [-0.25, -0.2) is 18.4 Å². The van der Waals surface area contributed by atoms with Gasteiger partial charge in [-0.3, -0.25) is 0 Å². The quantitative estimate of drug-likeness (QED) is 0.400. The number of nitrogens with two attached hydrogens (primary N) is 1. The van der Waals surface area contributed by atoms with E-state index in [2.05, 4.69) is 27.0 Å². The van der Waals surface area contributed by atoms with E-state index in [4.69, 9.17) is 15.7 Å². The number of anilines is 3. The zero-order valence-corrected chi connectivity index (χ0v) is 19.4. The highest BCUT2D eigenvalue weighted by Gasteiger charge is 2.24. The van der Waals surface area contributed by atoms with E-state index < -0.39 is 0 Å². The van der Waals surface area contributed by atoms with Crippen LogP contribution in [0.25, 0.3) is 28.0 Å². The molecule has 0 spiro atoms. The van der Waals surface area contributed by atoms with Crippen molar-refractivity contribution in [1.29, 1.82) is 0 Å². The van der Waals surface area contributed by atoms with Gasteiger partial charge in [-0.2, -0.15) is 4.98 Å². The number of hydrogen-bond donors (Lipinski definition) is 1. The normalized spacial score (nSPS) is 13.9. The van der Waals surface area contributed by atoms with Crippen LogP contribution < -0.4 is 15.5 Å². The highest BCUT2D eigenvalue weighted by Crippen LogP contribution is 2.34. The second-order valence-corrected chi connectivity index (χ2v) is 8.66. The number of fused-ring (bicyclic) bond motifs is 1. The Kier molecular flexibility index (Phi) is 5.44. The van der Waals surface area contributed by atoms with Gasteiger partial charge >= 0.3 is 0 Å². The molecule has 3 aromatic carbocycles. The smallest absolute Gasteiger partial charge is 0.228 e. The number of hydrogen-bond acceptors (Lipinski definition) is 6. The molecule has 2 aromatic heterocycles. The first-order chi connectivity index (χ1) is 17.6. The fraction of sp³-hybridized carbons (Fsp3) is 0.148. The molecule has 0 amide bonds. The van der Waals surface area contributed by atoms with Crippen molar-refractivity contribution < 1.29 is 8.78 Å². The number of para-hydroxylation sites is 1. The van der Waals surface area contributed by atoms with Gasteiger partial charge in [-0.15, -0.1) is 5.10 Å². The summed E-state index contributed by atoms with van der Waals surface area (Å²) in [6.45, 7) is 3.11.